The van der Waals surface area contributed by atoms with E-state index in [4.69, 9.17) is 30.5 Å². The number of rotatable bonds is 12. The quantitative estimate of drug-likeness (QED) is 0.159. The normalized spacial score (nSPS) is 18.5. The molecule has 4 aromatic rings. The zero-order valence-electron chi connectivity index (χ0n) is 28.3. The van der Waals surface area contributed by atoms with Crippen molar-refractivity contribution in [3.8, 4) is 11.5 Å². The van der Waals surface area contributed by atoms with Crippen molar-refractivity contribution in [2.24, 2.45) is 0 Å². The fraction of sp³-hybridized carbons (Fsp3) is 0.395. The Bertz CT molecular complexity index is 1790. The molecule has 0 saturated carbocycles. The highest BCUT2D eigenvalue weighted by atomic mass is 35.5. The molecule has 0 radical (unpaired) electrons. The first-order valence-corrected chi connectivity index (χ1v) is 17.7. The number of piperidine rings is 1. The van der Waals surface area contributed by atoms with Crippen molar-refractivity contribution in [3.63, 3.8) is 0 Å². The van der Waals surface area contributed by atoms with Gasteiger partial charge in [-0.2, -0.15) is 0 Å². The second-order valence-electron chi connectivity index (χ2n) is 12.7. The Kier molecular flexibility index (Phi) is 10.9. The molecule has 1 aliphatic carbocycles. The van der Waals surface area contributed by atoms with Crippen LogP contribution in [-0.4, -0.2) is 62.3 Å². The number of aryl methyl sites for hydroxylation is 2. The van der Waals surface area contributed by atoms with Gasteiger partial charge in [0.05, 0.1) is 19.2 Å². The first-order valence-electron chi connectivity index (χ1n) is 16.5. The average Bonchev–Trinajstić information content (AvgIpc) is 3.75. The predicted molar refractivity (Wildman–Crippen MR) is 190 cm³/mol. The van der Waals surface area contributed by atoms with E-state index < -0.39 is 17.6 Å². The summed E-state index contributed by atoms with van der Waals surface area (Å²) in [5.41, 5.74) is 3.64. The summed E-state index contributed by atoms with van der Waals surface area (Å²) in [7, 11) is 5.23. The van der Waals surface area contributed by atoms with E-state index >= 15 is 0 Å². The molecule has 0 bridgehead atoms. The lowest BCUT2D eigenvalue weighted by atomic mass is 9.91. The molecule has 2 aliphatic rings. The standard InChI is InChI=1S/C38H42ClN3O6S/c1-24-21-40-23-31(39)29(24)20-33(26-9-11-32(45-3)34(19-26)46-4)48-36(43)35-12-10-28(49-35)22-41-38(16-13-25-7-5-6-8-30(25)38)37(44)47-27-14-17-42(2)18-15-27/h5-12,19,21,23,27,33,41H,13-18,20,22H2,1-4H3/t33-,38?/m0/s1. The van der Waals surface area contributed by atoms with E-state index in [0.717, 1.165) is 65.0 Å². The predicted octanol–water partition coefficient (Wildman–Crippen LogP) is 6.83. The number of hydrogen-bond acceptors (Lipinski definition) is 10. The Labute approximate surface area is 296 Å². The highest BCUT2D eigenvalue weighted by Crippen LogP contribution is 2.40. The zero-order chi connectivity index (χ0) is 34.5. The first-order chi connectivity index (χ1) is 23.7. The minimum absolute atomic E-state index is 0.0947. The summed E-state index contributed by atoms with van der Waals surface area (Å²) in [5, 5.41) is 4.08. The number of halogens is 1. The molecule has 2 atom stereocenters. The van der Waals surface area contributed by atoms with Gasteiger partial charge < -0.3 is 23.8 Å². The summed E-state index contributed by atoms with van der Waals surface area (Å²) in [6.45, 7) is 4.13. The minimum Gasteiger partial charge on any atom is -0.493 e. The van der Waals surface area contributed by atoms with Gasteiger partial charge in [-0.1, -0.05) is 41.9 Å². The number of fused-ring (bicyclic) bond motifs is 1. The van der Waals surface area contributed by atoms with E-state index in [1.54, 1.807) is 38.7 Å². The topological polar surface area (TPSA) is 99.2 Å². The van der Waals surface area contributed by atoms with Gasteiger partial charge in [-0.05, 0) is 91.7 Å². The number of benzene rings is 2. The number of methoxy groups -OCH3 is 2. The van der Waals surface area contributed by atoms with Crippen molar-refractivity contribution in [1.29, 1.82) is 0 Å². The molecular weight excluding hydrogens is 662 g/mol. The Morgan fingerprint density at radius 3 is 2.59 bits per heavy atom. The van der Waals surface area contributed by atoms with Gasteiger partial charge in [0, 0.05) is 43.3 Å². The van der Waals surface area contributed by atoms with Crippen LogP contribution in [0, 0.1) is 6.92 Å². The molecule has 1 saturated heterocycles. The number of thiophene rings is 1. The van der Waals surface area contributed by atoms with Gasteiger partial charge >= 0.3 is 11.9 Å². The highest BCUT2D eigenvalue weighted by molar-refractivity contribution is 7.13. The van der Waals surface area contributed by atoms with Gasteiger partial charge in [0.15, 0.2) is 11.5 Å². The molecule has 1 unspecified atom stereocenters. The highest BCUT2D eigenvalue weighted by Gasteiger charge is 2.47. The monoisotopic (exact) mass is 703 g/mol. The Morgan fingerprint density at radius 1 is 1.06 bits per heavy atom. The number of carbonyl (C=O) groups is 2. The van der Waals surface area contributed by atoms with Crippen LogP contribution in [0.4, 0.5) is 0 Å². The average molecular weight is 704 g/mol. The number of nitrogens with one attached hydrogen (secondary N) is 1. The number of nitrogens with zero attached hydrogens (tertiary/aromatic N) is 2. The summed E-state index contributed by atoms with van der Waals surface area (Å²) in [5.74, 6) is 0.412. The van der Waals surface area contributed by atoms with Crippen LogP contribution in [-0.2, 0) is 39.2 Å². The van der Waals surface area contributed by atoms with Crippen molar-refractivity contribution < 1.29 is 28.5 Å². The summed E-state index contributed by atoms with van der Waals surface area (Å²) in [6, 6.07) is 17.2. The van der Waals surface area contributed by atoms with E-state index in [2.05, 4.69) is 28.3 Å². The van der Waals surface area contributed by atoms with Crippen molar-refractivity contribution in [3.05, 3.63) is 110 Å². The number of aromatic nitrogens is 1. The molecule has 1 N–H and O–H groups in total. The molecule has 3 heterocycles. The minimum atomic E-state index is -0.954. The molecule has 258 valence electrons. The maximum absolute atomic E-state index is 14.0. The van der Waals surface area contributed by atoms with Gasteiger partial charge in [0.2, 0.25) is 0 Å². The maximum Gasteiger partial charge on any atom is 0.348 e. The van der Waals surface area contributed by atoms with Crippen molar-refractivity contribution >= 4 is 34.9 Å². The smallest absolute Gasteiger partial charge is 0.348 e. The van der Waals surface area contributed by atoms with E-state index in [1.807, 2.05) is 43.3 Å². The second-order valence-corrected chi connectivity index (χ2v) is 14.3. The fourth-order valence-corrected chi connectivity index (χ4v) is 7.84. The number of carbonyl (C=O) groups excluding carboxylic acids is 2. The van der Waals surface area contributed by atoms with Gasteiger partial charge in [-0.3, -0.25) is 10.3 Å². The van der Waals surface area contributed by atoms with Crippen LogP contribution in [0.2, 0.25) is 5.02 Å². The largest absolute Gasteiger partial charge is 0.493 e. The molecule has 9 nitrogen and oxygen atoms in total. The summed E-state index contributed by atoms with van der Waals surface area (Å²) in [6.07, 6.45) is 5.97. The lowest BCUT2D eigenvalue weighted by Crippen LogP contribution is -2.50. The van der Waals surface area contributed by atoms with Crippen molar-refractivity contribution in [2.45, 2.75) is 63.3 Å². The molecule has 11 heteroatoms. The van der Waals surface area contributed by atoms with Gasteiger partial charge in [0.25, 0.3) is 0 Å². The van der Waals surface area contributed by atoms with Gasteiger partial charge in [0.1, 0.15) is 22.6 Å². The molecule has 2 aromatic carbocycles. The van der Waals surface area contributed by atoms with Crippen LogP contribution in [0.3, 0.4) is 0 Å². The van der Waals surface area contributed by atoms with Crippen LogP contribution in [0.5, 0.6) is 11.5 Å². The lowest BCUT2D eigenvalue weighted by Gasteiger charge is -2.34. The number of hydrogen-bond donors (Lipinski definition) is 1. The van der Waals surface area contributed by atoms with Crippen LogP contribution >= 0.6 is 22.9 Å². The van der Waals surface area contributed by atoms with Gasteiger partial charge in [-0.15, -0.1) is 11.3 Å². The van der Waals surface area contributed by atoms with E-state index in [-0.39, 0.29) is 12.1 Å². The number of likely N-dealkylation sites (tertiary alicyclic amines) is 1. The molecule has 49 heavy (non-hydrogen) atoms. The molecule has 0 amide bonds. The van der Waals surface area contributed by atoms with Crippen LogP contribution < -0.4 is 14.8 Å². The third-order valence-corrected chi connectivity index (χ3v) is 11.0. The van der Waals surface area contributed by atoms with E-state index in [0.29, 0.717) is 40.8 Å². The molecular formula is C38H42ClN3O6S. The Balaban J connectivity index is 1.20. The van der Waals surface area contributed by atoms with Crippen LogP contribution in [0.15, 0.2) is 67.0 Å². The molecule has 2 aromatic heterocycles. The summed E-state index contributed by atoms with van der Waals surface area (Å²) < 4.78 is 23.3. The molecule has 6 rings (SSSR count). The maximum atomic E-state index is 14.0. The number of ether oxygens (including phenoxy) is 4. The van der Waals surface area contributed by atoms with E-state index in [1.165, 1.54) is 11.3 Å². The third-order valence-electron chi connectivity index (χ3n) is 9.60. The van der Waals surface area contributed by atoms with Crippen molar-refractivity contribution in [1.82, 2.24) is 15.2 Å². The zero-order valence-corrected chi connectivity index (χ0v) is 29.9. The SMILES string of the molecule is COc1ccc([C@H](Cc2c(C)cncc2Cl)OC(=O)c2ccc(CNC3(C(=O)OC4CCN(C)CC4)CCc4ccccc43)s2)cc1OC. The lowest BCUT2D eigenvalue weighted by molar-refractivity contribution is -0.160. The molecule has 1 fully saturated rings. The number of pyridine rings is 1. The summed E-state index contributed by atoms with van der Waals surface area (Å²) in [4.78, 5) is 35.5. The number of esters is 2. The Hall–Kier alpha value is -3.96. The van der Waals surface area contributed by atoms with Crippen molar-refractivity contribution in [2.75, 3.05) is 34.4 Å². The van der Waals surface area contributed by atoms with Crippen LogP contribution in [0.1, 0.15) is 67.7 Å². The molecule has 0 spiro atoms. The molecule has 1 aliphatic heterocycles. The van der Waals surface area contributed by atoms with Gasteiger partial charge in [-0.25, -0.2) is 9.59 Å². The fourth-order valence-electron chi connectivity index (χ4n) is 6.73. The first kappa shape index (κ1) is 34.9. The third kappa shape index (κ3) is 7.62. The van der Waals surface area contributed by atoms with Crippen LogP contribution in [0.25, 0.3) is 0 Å². The second kappa shape index (κ2) is 15.3. The Morgan fingerprint density at radius 2 is 1.84 bits per heavy atom. The van der Waals surface area contributed by atoms with E-state index in [9.17, 15) is 9.59 Å². The summed E-state index contributed by atoms with van der Waals surface area (Å²) >= 11 is 7.89.